The Morgan fingerprint density at radius 2 is 1.87 bits per heavy atom. The van der Waals surface area contributed by atoms with Gasteiger partial charge in [0.05, 0.1) is 17.1 Å². The minimum Gasteiger partial charge on any atom is -0.359 e. The lowest BCUT2D eigenvalue weighted by Gasteiger charge is -2.34. The summed E-state index contributed by atoms with van der Waals surface area (Å²) < 4.78 is 5.41. The largest absolute Gasteiger partial charge is 0.359 e. The van der Waals surface area contributed by atoms with Gasteiger partial charge >= 0.3 is 0 Å². The van der Waals surface area contributed by atoms with Crippen LogP contribution in [0.1, 0.15) is 71.6 Å². The average molecular weight is 450 g/mol. The number of hydrogen-bond acceptors (Lipinski definition) is 4. The summed E-state index contributed by atoms with van der Waals surface area (Å²) in [6.07, 6.45) is 7.52. The normalized spacial score (nSPS) is 17.0. The first-order chi connectivity index (χ1) is 14.5. The van der Waals surface area contributed by atoms with Gasteiger partial charge in [0.25, 0.3) is 11.8 Å². The summed E-state index contributed by atoms with van der Waals surface area (Å²) >= 11 is 12.3. The van der Waals surface area contributed by atoms with Crippen LogP contribution in [0.2, 0.25) is 10.0 Å². The molecule has 0 bridgehead atoms. The molecule has 2 aromatic rings. The number of nitrogens with one attached hydrogen (secondary N) is 1. The first-order valence-electron chi connectivity index (χ1n) is 10.5. The molecule has 1 aromatic heterocycles. The van der Waals surface area contributed by atoms with E-state index < -0.39 is 0 Å². The van der Waals surface area contributed by atoms with Crippen molar-refractivity contribution in [1.82, 2.24) is 15.4 Å². The maximum absolute atomic E-state index is 13.4. The van der Waals surface area contributed by atoms with Crippen LogP contribution in [0.3, 0.4) is 0 Å². The maximum atomic E-state index is 13.4. The summed E-state index contributed by atoms with van der Waals surface area (Å²) in [6.45, 7) is 0.911. The monoisotopic (exact) mass is 449 g/mol. The van der Waals surface area contributed by atoms with Crippen molar-refractivity contribution in [1.29, 1.82) is 0 Å². The van der Waals surface area contributed by atoms with Crippen molar-refractivity contribution in [2.75, 3.05) is 6.54 Å². The lowest BCUT2D eigenvalue weighted by atomic mass is 9.93. The van der Waals surface area contributed by atoms with Gasteiger partial charge in [0.1, 0.15) is 0 Å². The van der Waals surface area contributed by atoms with Crippen LogP contribution in [0.15, 0.2) is 28.8 Å². The standard InChI is InChI=1S/C22H25Cl2N3O3/c23-15-8-9-18(19(24)10-15)22(29)27(16-4-2-1-3-5-16)13-17-11-20(26-30-17)21(28)25-12-14-6-7-14/h8-11,14,16H,1-7,12-13H2,(H,25,28). The van der Waals surface area contributed by atoms with Gasteiger partial charge in [-0.25, -0.2) is 0 Å². The SMILES string of the molecule is O=C(NCC1CC1)c1cc(CN(C(=O)c2ccc(Cl)cc2Cl)C2CCCCC2)on1. The Morgan fingerprint density at radius 3 is 2.57 bits per heavy atom. The Hall–Kier alpha value is -2.05. The summed E-state index contributed by atoms with van der Waals surface area (Å²) in [7, 11) is 0. The molecule has 2 aliphatic rings. The first kappa shape index (κ1) is 21.2. The predicted octanol–water partition coefficient (Wildman–Crippen LogP) is 5.10. The zero-order chi connectivity index (χ0) is 21.1. The molecule has 6 nitrogen and oxygen atoms in total. The van der Waals surface area contributed by atoms with Crippen molar-refractivity contribution in [2.45, 2.75) is 57.5 Å². The molecule has 0 radical (unpaired) electrons. The molecule has 30 heavy (non-hydrogen) atoms. The van der Waals surface area contributed by atoms with Crippen molar-refractivity contribution >= 4 is 35.0 Å². The van der Waals surface area contributed by atoms with E-state index in [1.807, 2.05) is 0 Å². The van der Waals surface area contributed by atoms with Crippen LogP contribution in [0, 0.1) is 5.92 Å². The summed E-state index contributed by atoms with van der Waals surface area (Å²) in [5, 5.41) is 7.59. The zero-order valence-corrected chi connectivity index (χ0v) is 18.2. The van der Waals surface area contributed by atoms with E-state index in [-0.39, 0.29) is 30.1 Å². The molecule has 0 atom stereocenters. The van der Waals surface area contributed by atoms with E-state index in [1.165, 1.54) is 6.42 Å². The second-order valence-electron chi connectivity index (χ2n) is 8.18. The third-order valence-electron chi connectivity index (χ3n) is 5.80. The van der Waals surface area contributed by atoms with Gasteiger partial charge in [0.2, 0.25) is 0 Å². The van der Waals surface area contributed by atoms with Gasteiger partial charge in [-0.05, 0) is 49.8 Å². The number of rotatable bonds is 7. The van der Waals surface area contributed by atoms with Gasteiger partial charge in [-0.15, -0.1) is 0 Å². The van der Waals surface area contributed by atoms with E-state index in [0.29, 0.717) is 33.8 Å². The quantitative estimate of drug-likeness (QED) is 0.637. The van der Waals surface area contributed by atoms with Gasteiger partial charge in [-0.2, -0.15) is 0 Å². The lowest BCUT2D eigenvalue weighted by Crippen LogP contribution is -2.41. The van der Waals surface area contributed by atoms with E-state index in [0.717, 1.165) is 38.5 Å². The van der Waals surface area contributed by atoms with Crippen LogP contribution >= 0.6 is 23.2 Å². The molecule has 2 saturated carbocycles. The molecular formula is C22H25Cl2N3O3. The number of benzene rings is 1. The number of carbonyl (C=O) groups excluding carboxylic acids is 2. The number of nitrogens with zero attached hydrogens (tertiary/aromatic N) is 2. The fraction of sp³-hybridized carbons (Fsp3) is 0.500. The summed E-state index contributed by atoms with van der Waals surface area (Å²) in [5.74, 6) is 0.660. The Kier molecular flexibility index (Phi) is 6.64. The molecule has 1 N–H and O–H groups in total. The van der Waals surface area contributed by atoms with Gasteiger partial charge in [0, 0.05) is 23.7 Å². The highest BCUT2D eigenvalue weighted by molar-refractivity contribution is 6.36. The zero-order valence-electron chi connectivity index (χ0n) is 16.7. The van der Waals surface area contributed by atoms with Crippen LogP contribution < -0.4 is 5.32 Å². The van der Waals surface area contributed by atoms with E-state index in [1.54, 1.807) is 29.2 Å². The van der Waals surface area contributed by atoms with E-state index >= 15 is 0 Å². The predicted molar refractivity (Wildman–Crippen MR) is 115 cm³/mol. The van der Waals surface area contributed by atoms with E-state index in [4.69, 9.17) is 27.7 Å². The smallest absolute Gasteiger partial charge is 0.273 e. The van der Waals surface area contributed by atoms with Crippen molar-refractivity contribution in [3.63, 3.8) is 0 Å². The fourth-order valence-corrected chi connectivity index (χ4v) is 4.38. The molecule has 0 spiro atoms. The molecule has 1 heterocycles. The summed E-state index contributed by atoms with van der Waals surface area (Å²) in [4.78, 5) is 27.4. The van der Waals surface area contributed by atoms with Crippen molar-refractivity contribution in [3.05, 3.63) is 51.3 Å². The molecule has 4 rings (SSSR count). The first-order valence-corrected chi connectivity index (χ1v) is 11.3. The highest BCUT2D eigenvalue weighted by Crippen LogP contribution is 2.29. The third-order valence-corrected chi connectivity index (χ3v) is 6.35. The second kappa shape index (κ2) is 9.40. The van der Waals surface area contributed by atoms with Gasteiger partial charge in [0.15, 0.2) is 11.5 Å². The lowest BCUT2D eigenvalue weighted by molar-refractivity contribution is 0.0590. The topological polar surface area (TPSA) is 75.4 Å². The molecule has 8 heteroatoms. The van der Waals surface area contributed by atoms with Crippen molar-refractivity contribution in [2.24, 2.45) is 5.92 Å². The number of carbonyl (C=O) groups is 2. The molecule has 2 aliphatic carbocycles. The Labute approximate surface area is 185 Å². The molecule has 0 aliphatic heterocycles. The van der Waals surface area contributed by atoms with Crippen LogP contribution in [0.25, 0.3) is 0 Å². The Morgan fingerprint density at radius 1 is 1.10 bits per heavy atom. The molecule has 2 amide bonds. The number of halogens is 2. The van der Waals surface area contributed by atoms with Crippen LogP contribution in [-0.2, 0) is 6.54 Å². The summed E-state index contributed by atoms with van der Waals surface area (Å²) in [5.41, 5.74) is 0.653. The average Bonchev–Trinajstić information content (AvgIpc) is 3.46. The highest BCUT2D eigenvalue weighted by atomic mass is 35.5. The molecule has 0 unspecified atom stereocenters. The van der Waals surface area contributed by atoms with Crippen LogP contribution in [0.5, 0.6) is 0 Å². The fourth-order valence-electron chi connectivity index (χ4n) is 3.89. The number of hydrogen-bond donors (Lipinski definition) is 1. The number of amides is 2. The van der Waals surface area contributed by atoms with Gasteiger partial charge in [-0.3, -0.25) is 9.59 Å². The van der Waals surface area contributed by atoms with Gasteiger partial charge < -0.3 is 14.7 Å². The minimum atomic E-state index is -0.242. The van der Waals surface area contributed by atoms with E-state index in [9.17, 15) is 9.59 Å². The van der Waals surface area contributed by atoms with Gasteiger partial charge in [-0.1, -0.05) is 47.6 Å². The molecular weight excluding hydrogens is 425 g/mol. The Balaban J connectivity index is 1.51. The van der Waals surface area contributed by atoms with Crippen LogP contribution in [-0.4, -0.2) is 34.5 Å². The molecule has 1 aromatic carbocycles. The summed E-state index contributed by atoms with van der Waals surface area (Å²) in [6, 6.07) is 6.60. The molecule has 0 saturated heterocycles. The number of aromatic nitrogens is 1. The Bertz CT molecular complexity index is 920. The van der Waals surface area contributed by atoms with E-state index in [2.05, 4.69) is 10.5 Å². The molecule has 2 fully saturated rings. The maximum Gasteiger partial charge on any atom is 0.273 e. The van der Waals surface area contributed by atoms with Crippen molar-refractivity contribution in [3.8, 4) is 0 Å². The van der Waals surface area contributed by atoms with Crippen LogP contribution in [0.4, 0.5) is 0 Å². The van der Waals surface area contributed by atoms with Crippen molar-refractivity contribution < 1.29 is 14.1 Å². The minimum absolute atomic E-state index is 0.0928. The third kappa shape index (κ3) is 5.16. The highest BCUT2D eigenvalue weighted by Gasteiger charge is 2.29. The second-order valence-corrected chi connectivity index (χ2v) is 9.02. The molecule has 160 valence electrons.